The van der Waals surface area contributed by atoms with Gasteiger partial charge in [-0.15, -0.1) is 0 Å². The molecule has 0 saturated heterocycles. The topological polar surface area (TPSA) is 26.0 Å². The van der Waals surface area contributed by atoms with Crippen molar-refractivity contribution in [3.63, 3.8) is 0 Å². The van der Waals surface area contributed by atoms with Crippen molar-refractivity contribution in [2.45, 2.75) is 38.5 Å². The molecule has 0 spiro atoms. The molecule has 0 aromatic heterocycles. The largest absolute Gasteiger partial charge is 0.330 e. The molecule has 0 heterocycles. The van der Waals surface area contributed by atoms with Crippen LogP contribution in [0.4, 0.5) is 0 Å². The quantitative estimate of drug-likeness (QED) is 0.825. The SMILES string of the molecule is CC(C)(C)c1ccc(CC(CN)c2cccc(Br)c2)cc1. The van der Waals surface area contributed by atoms with Gasteiger partial charge in [-0.1, -0.05) is 73.1 Å². The fourth-order valence-corrected chi connectivity index (χ4v) is 2.94. The first-order chi connectivity index (χ1) is 9.90. The van der Waals surface area contributed by atoms with Crippen molar-refractivity contribution < 1.29 is 0 Å². The van der Waals surface area contributed by atoms with Crippen LogP contribution in [0.3, 0.4) is 0 Å². The van der Waals surface area contributed by atoms with Crippen LogP contribution in [0.1, 0.15) is 43.4 Å². The molecule has 0 radical (unpaired) electrons. The Balaban J connectivity index is 2.15. The minimum Gasteiger partial charge on any atom is -0.330 e. The maximum Gasteiger partial charge on any atom is 0.0178 e. The molecule has 2 rings (SSSR count). The first-order valence-electron chi connectivity index (χ1n) is 7.45. The second-order valence-electron chi connectivity index (χ2n) is 6.64. The van der Waals surface area contributed by atoms with Crippen molar-refractivity contribution in [3.8, 4) is 0 Å². The Hall–Kier alpha value is -1.12. The zero-order valence-electron chi connectivity index (χ0n) is 13.1. The fraction of sp³-hybridized carbons (Fsp3) is 0.368. The van der Waals surface area contributed by atoms with E-state index in [1.807, 2.05) is 0 Å². The van der Waals surface area contributed by atoms with Gasteiger partial charge in [-0.05, 0) is 47.2 Å². The van der Waals surface area contributed by atoms with Gasteiger partial charge in [0.05, 0.1) is 0 Å². The monoisotopic (exact) mass is 345 g/mol. The molecule has 2 N–H and O–H groups in total. The predicted octanol–water partition coefficient (Wildman–Crippen LogP) is 5.03. The lowest BCUT2D eigenvalue weighted by Gasteiger charge is -2.20. The average Bonchev–Trinajstić information content (AvgIpc) is 2.44. The highest BCUT2D eigenvalue weighted by Gasteiger charge is 2.14. The van der Waals surface area contributed by atoms with Gasteiger partial charge in [-0.2, -0.15) is 0 Å². The van der Waals surface area contributed by atoms with E-state index in [1.165, 1.54) is 16.7 Å². The molecule has 0 aliphatic rings. The summed E-state index contributed by atoms with van der Waals surface area (Å²) in [6.07, 6.45) is 0.984. The van der Waals surface area contributed by atoms with Crippen LogP contribution < -0.4 is 5.73 Å². The summed E-state index contributed by atoms with van der Waals surface area (Å²) in [5.41, 5.74) is 10.2. The van der Waals surface area contributed by atoms with Gasteiger partial charge in [0.15, 0.2) is 0 Å². The van der Waals surface area contributed by atoms with Crippen molar-refractivity contribution >= 4 is 15.9 Å². The maximum absolute atomic E-state index is 5.99. The summed E-state index contributed by atoms with van der Waals surface area (Å²) in [5, 5.41) is 0. The summed E-state index contributed by atoms with van der Waals surface area (Å²) in [6, 6.07) is 17.4. The summed E-state index contributed by atoms with van der Waals surface area (Å²) >= 11 is 3.54. The lowest BCUT2D eigenvalue weighted by atomic mass is 9.85. The van der Waals surface area contributed by atoms with E-state index in [4.69, 9.17) is 5.73 Å². The smallest absolute Gasteiger partial charge is 0.0178 e. The van der Waals surface area contributed by atoms with E-state index < -0.39 is 0 Å². The highest BCUT2D eigenvalue weighted by atomic mass is 79.9. The molecule has 2 aromatic carbocycles. The molecule has 0 amide bonds. The number of rotatable bonds is 4. The van der Waals surface area contributed by atoms with Crippen molar-refractivity contribution in [1.82, 2.24) is 0 Å². The van der Waals surface area contributed by atoms with Crippen LogP contribution in [0, 0.1) is 0 Å². The van der Waals surface area contributed by atoms with Crippen LogP contribution >= 0.6 is 15.9 Å². The Kier molecular flexibility index (Phi) is 5.23. The number of nitrogens with two attached hydrogens (primary N) is 1. The summed E-state index contributed by atoms with van der Waals surface area (Å²) in [4.78, 5) is 0. The minimum atomic E-state index is 0.204. The van der Waals surface area contributed by atoms with E-state index in [0.29, 0.717) is 12.5 Å². The lowest BCUT2D eigenvalue weighted by molar-refractivity contribution is 0.589. The van der Waals surface area contributed by atoms with E-state index in [1.54, 1.807) is 0 Å². The summed E-state index contributed by atoms with van der Waals surface area (Å²) < 4.78 is 1.11. The molecule has 1 nitrogen and oxygen atoms in total. The van der Waals surface area contributed by atoms with Crippen molar-refractivity contribution in [3.05, 3.63) is 69.7 Å². The maximum atomic E-state index is 5.99. The van der Waals surface area contributed by atoms with Gasteiger partial charge < -0.3 is 5.73 Å². The molecule has 1 atom stereocenters. The molecule has 2 heteroatoms. The van der Waals surface area contributed by atoms with Gasteiger partial charge >= 0.3 is 0 Å². The molecular weight excluding hydrogens is 322 g/mol. The summed E-state index contributed by atoms with van der Waals surface area (Å²) in [6.45, 7) is 7.39. The standard InChI is InChI=1S/C19H24BrN/c1-19(2,3)17-9-7-14(8-10-17)11-16(13-21)15-5-4-6-18(20)12-15/h4-10,12,16H,11,13,21H2,1-3H3. The average molecular weight is 346 g/mol. The highest BCUT2D eigenvalue weighted by Crippen LogP contribution is 2.26. The van der Waals surface area contributed by atoms with Crippen LogP contribution in [0.2, 0.25) is 0 Å². The molecule has 0 aliphatic carbocycles. The molecule has 21 heavy (non-hydrogen) atoms. The first kappa shape index (κ1) is 16.3. The third kappa shape index (κ3) is 4.42. The van der Waals surface area contributed by atoms with Crippen molar-refractivity contribution in [1.29, 1.82) is 0 Å². The Morgan fingerprint density at radius 1 is 1.05 bits per heavy atom. The second-order valence-corrected chi connectivity index (χ2v) is 7.55. The first-order valence-corrected chi connectivity index (χ1v) is 8.24. The zero-order chi connectivity index (χ0) is 15.5. The van der Waals surface area contributed by atoms with E-state index >= 15 is 0 Å². The van der Waals surface area contributed by atoms with Crippen molar-refractivity contribution in [2.24, 2.45) is 5.73 Å². The molecule has 112 valence electrons. The minimum absolute atomic E-state index is 0.204. The number of hydrogen-bond acceptors (Lipinski definition) is 1. The summed E-state index contributed by atoms with van der Waals surface area (Å²) in [5.74, 6) is 0.364. The Morgan fingerprint density at radius 2 is 1.71 bits per heavy atom. The third-order valence-electron chi connectivity index (χ3n) is 3.91. The van der Waals surface area contributed by atoms with Crippen LogP contribution in [0.15, 0.2) is 53.0 Å². The van der Waals surface area contributed by atoms with Crippen molar-refractivity contribution in [2.75, 3.05) is 6.54 Å². The lowest BCUT2D eigenvalue weighted by Crippen LogP contribution is -2.15. The van der Waals surface area contributed by atoms with Gasteiger partial charge in [0.1, 0.15) is 0 Å². The molecule has 0 saturated carbocycles. The van der Waals surface area contributed by atoms with Gasteiger partial charge in [0.25, 0.3) is 0 Å². The van der Waals surface area contributed by atoms with Gasteiger partial charge in [0, 0.05) is 10.4 Å². The molecule has 0 fully saturated rings. The molecular formula is C19H24BrN. The van der Waals surface area contributed by atoms with Gasteiger partial charge in [-0.3, -0.25) is 0 Å². The van der Waals surface area contributed by atoms with E-state index in [2.05, 4.69) is 85.2 Å². The Labute approximate surface area is 136 Å². The van der Waals surface area contributed by atoms with Crippen LogP contribution in [0.5, 0.6) is 0 Å². The molecule has 0 aliphatic heterocycles. The molecule has 0 bridgehead atoms. The fourth-order valence-electron chi connectivity index (χ4n) is 2.52. The molecule has 1 unspecified atom stereocenters. The number of benzene rings is 2. The number of halogens is 1. The Morgan fingerprint density at radius 3 is 2.24 bits per heavy atom. The zero-order valence-corrected chi connectivity index (χ0v) is 14.7. The molecule has 2 aromatic rings. The summed E-state index contributed by atoms with van der Waals surface area (Å²) in [7, 11) is 0. The Bertz CT molecular complexity index is 581. The third-order valence-corrected chi connectivity index (χ3v) is 4.40. The van der Waals surface area contributed by atoms with Gasteiger partial charge in [0.2, 0.25) is 0 Å². The predicted molar refractivity (Wildman–Crippen MR) is 94.8 cm³/mol. The normalized spacial score (nSPS) is 13.2. The van der Waals surface area contributed by atoms with Gasteiger partial charge in [-0.25, -0.2) is 0 Å². The van der Waals surface area contributed by atoms with E-state index in [9.17, 15) is 0 Å². The van der Waals surface area contributed by atoms with Crippen LogP contribution in [0.25, 0.3) is 0 Å². The van der Waals surface area contributed by atoms with E-state index in [0.717, 1.165) is 10.9 Å². The van der Waals surface area contributed by atoms with E-state index in [-0.39, 0.29) is 5.41 Å². The highest BCUT2D eigenvalue weighted by molar-refractivity contribution is 9.10. The second kappa shape index (κ2) is 6.76. The van der Waals surface area contributed by atoms with Crippen LogP contribution in [-0.2, 0) is 11.8 Å². The number of hydrogen-bond donors (Lipinski definition) is 1. The van der Waals surface area contributed by atoms with Crippen LogP contribution in [-0.4, -0.2) is 6.54 Å².